The van der Waals surface area contributed by atoms with Crippen LogP contribution in [-0.4, -0.2) is 18.4 Å². The molecule has 36 heavy (non-hydrogen) atoms. The highest BCUT2D eigenvalue weighted by Crippen LogP contribution is 2.50. The van der Waals surface area contributed by atoms with Gasteiger partial charge in [-0.05, 0) is 81.4 Å². The van der Waals surface area contributed by atoms with Crippen LogP contribution in [0.5, 0.6) is 0 Å². The summed E-state index contributed by atoms with van der Waals surface area (Å²) in [5, 5.41) is 11.9. The van der Waals surface area contributed by atoms with Crippen molar-refractivity contribution in [3.63, 3.8) is 0 Å². The Bertz CT molecular complexity index is 1090. The van der Waals surface area contributed by atoms with Crippen molar-refractivity contribution in [2.24, 2.45) is 5.41 Å². The fourth-order valence-electron chi connectivity index (χ4n) is 4.91. The first kappa shape index (κ1) is 29.8. The molecule has 3 nitrogen and oxygen atoms in total. The Morgan fingerprint density at radius 1 is 1.06 bits per heavy atom. The second-order valence-electron chi connectivity index (χ2n) is 14.4. The molecule has 0 bridgehead atoms. The van der Waals surface area contributed by atoms with Gasteiger partial charge in [-0.3, -0.25) is 4.98 Å². The van der Waals surface area contributed by atoms with Gasteiger partial charge in [0.2, 0.25) is 0 Å². The van der Waals surface area contributed by atoms with Crippen LogP contribution in [0.25, 0.3) is 0 Å². The molecule has 1 aliphatic carbocycles. The van der Waals surface area contributed by atoms with Crippen LogP contribution < -0.4 is 0 Å². The largest absolute Gasteiger partial charge is 0.410 e. The zero-order valence-corrected chi connectivity index (χ0v) is 27.8. The lowest BCUT2D eigenvalue weighted by Gasteiger charge is -2.44. The molecule has 1 N–H and O–H groups in total. The third-order valence-electron chi connectivity index (χ3n) is 8.18. The van der Waals surface area contributed by atoms with E-state index in [9.17, 15) is 5.11 Å². The number of pyridine rings is 1. The van der Waals surface area contributed by atoms with Gasteiger partial charge in [-0.2, -0.15) is 0 Å². The topological polar surface area (TPSA) is 42.4 Å². The molecule has 0 amide bonds. The molecule has 0 radical (unpaired) electrons. The molecule has 1 aromatic carbocycles. The molecule has 0 saturated heterocycles. The Kier molecular flexibility index (Phi) is 8.35. The quantitative estimate of drug-likeness (QED) is 0.267. The Labute approximate surface area is 235 Å². The number of benzene rings is 1. The Hall–Kier alpha value is -0.763. The number of aromatic nitrogens is 1. The molecule has 200 valence electrons. The lowest BCUT2D eigenvalue weighted by Crippen LogP contribution is -2.44. The second kappa shape index (κ2) is 10.1. The van der Waals surface area contributed by atoms with E-state index in [0.717, 1.165) is 38.9 Å². The van der Waals surface area contributed by atoms with Gasteiger partial charge < -0.3 is 9.53 Å². The summed E-state index contributed by atoms with van der Waals surface area (Å²) in [7, 11) is -2.01. The highest BCUT2D eigenvalue weighted by atomic mass is 127. The van der Waals surface area contributed by atoms with Crippen molar-refractivity contribution in [2.75, 3.05) is 0 Å². The summed E-state index contributed by atoms with van der Waals surface area (Å²) in [4.78, 5) is 5.29. The minimum Gasteiger partial charge on any atom is -0.410 e. The van der Waals surface area contributed by atoms with Gasteiger partial charge in [0.1, 0.15) is 6.10 Å². The monoisotopic (exact) mass is 621 g/mol. The van der Waals surface area contributed by atoms with Gasteiger partial charge >= 0.3 is 0 Å². The summed E-state index contributed by atoms with van der Waals surface area (Å²) in [6.45, 7) is 27.3. The second-order valence-corrected chi connectivity index (χ2v) is 20.3. The van der Waals surface area contributed by atoms with E-state index in [1.54, 1.807) is 0 Å². The number of hydrogen-bond acceptors (Lipinski definition) is 3. The standard InChI is InChI=1S/C31H48INO2Si/c1-19(2)27-25(28(34)20-13-15-21(16-14-20)29(3,4)5)26(32)24-22(33-27)17-31(9,10)18-23(24)35-36(11,12)30(6,7)8/h13-16,19,23,28,34H,17-18H2,1-12H3/t23-,28?/m1/s1. The maximum Gasteiger partial charge on any atom is 0.192 e. The average Bonchev–Trinajstić information content (AvgIpc) is 2.70. The van der Waals surface area contributed by atoms with Crippen LogP contribution in [0, 0.1) is 8.99 Å². The van der Waals surface area contributed by atoms with E-state index in [1.165, 1.54) is 11.1 Å². The van der Waals surface area contributed by atoms with Crippen molar-refractivity contribution < 1.29 is 9.53 Å². The van der Waals surface area contributed by atoms with E-state index in [1.807, 2.05) is 0 Å². The normalized spacial score (nSPS) is 19.4. The number of hydrogen-bond donors (Lipinski definition) is 1. The van der Waals surface area contributed by atoms with Gasteiger partial charge in [-0.25, -0.2) is 0 Å². The fraction of sp³-hybridized carbons (Fsp3) is 0.645. The zero-order valence-electron chi connectivity index (χ0n) is 24.6. The van der Waals surface area contributed by atoms with E-state index in [-0.39, 0.29) is 27.9 Å². The fourth-order valence-corrected chi connectivity index (χ4v) is 7.40. The summed E-state index contributed by atoms with van der Waals surface area (Å²) in [6.07, 6.45) is 1.19. The molecular weight excluding hydrogens is 573 g/mol. The van der Waals surface area contributed by atoms with Gasteiger partial charge in [0.15, 0.2) is 8.32 Å². The SMILES string of the molecule is CC(C)c1nc2c(c(I)c1C(O)c1ccc(C(C)(C)C)cc1)[C@H](O[Si](C)(C)C(C)(C)C)CC(C)(C)C2. The Morgan fingerprint density at radius 2 is 1.61 bits per heavy atom. The molecule has 2 atom stereocenters. The summed E-state index contributed by atoms with van der Waals surface area (Å²) in [6, 6.07) is 8.46. The van der Waals surface area contributed by atoms with Gasteiger partial charge in [0.25, 0.3) is 0 Å². The minimum absolute atomic E-state index is 0.000490. The van der Waals surface area contributed by atoms with Crippen LogP contribution in [-0.2, 0) is 16.3 Å². The van der Waals surface area contributed by atoms with Crippen LogP contribution in [0.15, 0.2) is 24.3 Å². The highest BCUT2D eigenvalue weighted by molar-refractivity contribution is 14.1. The van der Waals surface area contributed by atoms with Crippen LogP contribution >= 0.6 is 22.6 Å². The summed E-state index contributed by atoms with van der Waals surface area (Å²) < 4.78 is 8.22. The van der Waals surface area contributed by atoms with E-state index >= 15 is 0 Å². The molecule has 5 heteroatoms. The highest BCUT2D eigenvalue weighted by Gasteiger charge is 2.44. The van der Waals surface area contributed by atoms with Gasteiger partial charge in [0.05, 0.1) is 11.8 Å². The van der Waals surface area contributed by atoms with Crippen molar-refractivity contribution in [3.05, 3.63) is 61.5 Å². The summed E-state index contributed by atoms with van der Waals surface area (Å²) >= 11 is 2.48. The molecule has 0 spiro atoms. The maximum absolute atomic E-state index is 11.8. The first-order valence-corrected chi connectivity index (χ1v) is 17.4. The van der Waals surface area contributed by atoms with Crippen molar-refractivity contribution >= 4 is 30.9 Å². The van der Waals surface area contributed by atoms with Crippen molar-refractivity contribution in [1.82, 2.24) is 4.98 Å². The Morgan fingerprint density at radius 3 is 2.08 bits per heavy atom. The van der Waals surface area contributed by atoms with Gasteiger partial charge in [0, 0.05) is 20.4 Å². The molecule has 3 rings (SSSR count). The number of rotatable bonds is 5. The Balaban J connectivity index is 2.18. The smallest absolute Gasteiger partial charge is 0.192 e. The number of fused-ring (bicyclic) bond motifs is 1. The van der Waals surface area contributed by atoms with Crippen molar-refractivity contribution in [2.45, 2.75) is 124 Å². The van der Waals surface area contributed by atoms with E-state index in [4.69, 9.17) is 9.41 Å². The third kappa shape index (κ3) is 6.10. The molecule has 0 saturated carbocycles. The lowest BCUT2D eigenvalue weighted by atomic mass is 9.74. The maximum atomic E-state index is 11.8. The number of aliphatic hydroxyl groups is 1. The molecule has 2 aromatic rings. The average molecular weight is 622 g/mol. The van der Waals surface area contributed by atoms with Gasteiger partial charge in [-0.1, -0.05) is 93.5 Å². The van der Waals surface area contributed by atoms with Gasteiger partial charge in [-0.15, -0.1) is 0 Å². The molecule has 1 heterocycles. The van der Waals surface area contributed by atoms with Crippen LogP contribution in [0.3, 0.4) is 0 Å². The first-order chi connectivity index (χ1) is 16.2. The summed E-state index contributed by atoms with van der Waals surface area (Å²) in [5.74, 6) is 0.215. The zero-order chi connectivity index (χ0) is 27.4. The molecule has 0 fully saturated rings. The third-order valence-corrected chi connectivity index (χ3v) is 13.8. The molecule has 1 aromatic heterocycles. The minimum atomic E-state index is -2.01. The number of nitrogens with zero attached hydrogens (tertiary/aromatic N) is 1. The predicted molar refractivity (Wildman–Crippen MR) is 163 cm³/mol. The molecular formula is C31H48INO2Si. The molecule has 0 aliphatic heterocycles. The number of halogens is 1. The lowest BCUT2D eigenvalue weighted by molar-refractivity contribution is 0.104. The predicted octanol–water partition coefficient (Wildman–Crippen LogP) is 9.22. The first-order valence-electron chi connectivity index (χ1n) is 13.4. The number of aliphatic hydroxyl groups excluding tert-OH is 1. The molecule has 1 aliphatic rings. The van der Waals surface area contributed by atoms with E-state index < -0.39 is 14.4 Å². The van der Waals surface area contributed by atoms with Crippen LogP contribution in [0.2, 0.25) is 18.1 Å². The van der Waals surface area contributed by atoms with Crippen molar-refractivity contribution in [3.8, 4) is 0 Å². The molecule has 1 unspecified atom stereocenters. The van der Waals surface area contributed by atoms with E-state index in [2.05, 4.69) is 129 Å². The van der Waals surface area contributed by atoms with Crippen LogP contribution in [0.1, 0.15) is 127 Å². The van der Waals surface area contributed by atoms with Crippen molar-refractivity contribution in [1.29, 1.82) is 0 Å². The van der Waals surface area contributed by atoms with E-state index in [0.29, 0.717) is 0 Å². The van der Waals surface area contributed by atoms with Crippen LogP contribution in [0.4, 0.5) is 0 Å². The summed E-state index contributed by atoms with van der Waals surface area (Å²) in [5.41, 5.74) is 6.72.